The first-order valence-electron chi connectivity index (χ1n) is 8.94. The molecule has 0 spiro atoms. The second-order valence-corrected chi connectivity index (χ2v) is 9.18. The Hall–Kier alpha value is -3.05. The topological polar surface area (TPSA) is 95.9 Å². The number of carbonyl (C=O) groups is 2. The number of amides is 2. The standard InChI is InChI=1S/C20H17F2N3O4S2/c1-2-11-25-19(27)17(12-18(26)23-15-7-3-13(21)4-8-15)30-20(25)24-31(28,29)16-9-5-14(22)6-10-16/h2-10,17H,1,11-12H2,(H,23,26)/t17-/m1/s1. The van der Waals surface area contributed by atoms with Crippen molar-refractivity contribution in [1.29, 1.82) is 0 Å². The van der Waals surface area contributed by atoms with Crippen molar-refractivity contribution in [3.8, 4) is 0 Å². The van der Waals surface area contributed by atoms with Crippen LogP contribution in [0.25, 0.3) is 0 Å². The van der Waals surface area contributed by atoms with Crippen molar-refractivity contribution in [2.24, 2.45) is 4.40 Å². The number of anilines is 1. The lowest BCUT2D eigenvalue weighted by molar-refractivity contribution is -0.127. The van der Waals surface area contributed by atoms with Crippen LogP contribution in [0.3, 0.4) is 0 Å². The highest BCUT2D eigenvalue weighted by Gasteiger charge is 2.39. The molecule has 1 N–H and O–H groups in total. The average molecular weight is 466 g/mol. The maximum atomic E-state index is 13.1. The molecule has 31 heavy (non-hydrogen) atoms. The number of sulfonamides is 1. The summed E-state index contributed by atoms with van der Waals surface area (Å²) in [6.45, 7) is 3.55. The molecule has 162 valence electrons. The summed E-state index contributed by atoms with van der Waals surface area (Å²) >= 11 is 0.837. The summed E-state index contributed by atoms with van der Waals surface area (Å²) in [5.74, 6) is -2.05. The molecule has 2 aromatic rings. The van der Waals surface area contributed by atoms with Gasteiger partial charge in [-0.3, -0.25) is 14.5 Å². The van der Waals surface area contributed by atoms with Crippen molar-refractivity contribution in [3.05, 3.63) is 72.8 Å². The molecule has 1 heterocycles. The largest absolute Gasteiger partial charge is 0.326 e. The Labute approximate surface area is 181 Å². The van der Waals surface area contributed by atoms with Crippen molar-refractivity contribution >= 4 is 44.5 Å². The van der Waals surface area contributed by atoms with Gasteiger partial charge in [0.05, 0.1) is 4.90 Å². The van der Waals surface area contributed by atoms with Crippen LogP contribution in [0.15, 0.2) is 70.5 Å². The number of amidine groups is 1. The smallest absolute Gasteiger partial charge is 0.284 e. The Bertz CT molecular complexity index is 1130. The van der Waals surface area contributed by atoms with Gasteiger partial charge in [-0.15, -0.1) is 11.0 Å². The van der Waals surface area contributed by atoms with E-state index in [1.54, 1.807) is 0 Å². The summed E-state index contributed by atoms with van der Waals surface area (Å²) in [5.41, 5.74) is 0.359. The van der Waals surface area contributed by atoms with Gasteiger partial charge in [-0.25, -0.2) is 8.78 Å². The van der Waals surface area contributed by atoms with Crippen molar-refractivity contribution in [1.82, 2.24) is 4.90 Å². The van der Waals surface area contributed by atoms with Crippen molar-refractivity contribution in [3.63, 3.8) is 0 Å². The van der Waals surface area contributed by atoms with E-state index in [1.807, 2.05) is 0 Å². The Morgan fingerprint density at radius 3 is 2.29 bits per heavy atom. The second kappa shape index (κ2) is 9.40. The van der Waals surface area contributed by atoms with E-state index in [1.165, 1.54) is 30.3 Å². The molecule has 0 bridgehead atoms. The molecular weight excluding hydrogens is 448 g/mol. The third kappa shape index (κ3) is 5.56. The molecule has 3 rings (SSSR count). The van der Waals surface area contributed by atoms with E-state index in [2.05, 4.69) is 16.3 Å². The van der Waals surface area contributed by atoms with Gasteiger partial charge in [0.2, 0.25) is 11.8 Å². The lowest BCUT2D eigenvalue weighted by atomic mass is 10.2. The molecule has 0 aromatic heterocycles. The number of carbonyl (C=O) groups excluding carboxylic acids is 2. The Balaban J connectivity index is 1.78. The molecule has 11 heteroatoms. The van der Waals surface area contributed by atoms with E-state index in [9.17, 15) is 26.8 Å². The van der Waals surface area contributed by atoms with Crippen LogP contribution in [0, 0.1) is 11.6 Å². The van der Waals surface area contributed by atoms with Gasteiger partial charge in [-0.05, 0) is 48.5 Å². The molecule has 2 aromatic carbocycles. The number of hydrogen-bond donors (Lipinski definition) is 1. The van der Waals surface area contributed by atoms with Crippen LogP contribution in [0.1, 0.15) is 6.42 Å². The third-order valence-corrected chi connectivity index (χ3v) is 6.71. The van der Waals surface area contributed by atoms with Crippen molar-refractivity contribution in [2.75, 3.05) is 11.9 Å². The van der Waals surface area contributed by atoms with E-state index in [0.29, 0.717) is 5.69 Å². The molecule has 0 saturated carbocycles. The van der Waals surface area contributed by atoms with Crippen LogP contribution in [0.4, 0.5) is 14.5 Å². The minimum absolute atomic E-state index is 0.000312. The van der Waals surface area contributed by atoms with E-state index < -0.39 is 38.7 Å². The maximum absolute atomic E-state index is 13.1. The number of halogens is 2. The first kappa shape index (κ1) is 22.6. The number of nitrogens with one attached hydrogen (secondary N) is 1. The van der Waals surface area contributed by atoms with Crippen LogP contribution in [-0.4, -0.2) is 42.1 Å². The molecule has 0 unspecified atom stereocenters. The zero-order chi connectivity index (χ0) is 22.6. The molecular formula is C20H17F2N3O4S2. The van der Waals surface area contributed by atoms with Gasteiger partial charge < -0.3 is 5.32 Å². The first-order chi connectivity index (χ1) is 14.7. The first-order valence-corrected chi connectivity index (χ1v) is 11.3. The fourth-order valence-corrected chi connectivity index (χ4v) is 5.05. The Morgan fingerprint density at radius 2 is 1.71 bits per heavy atom. The van der Waals surface area contributed by atoms with Gasteiger partial charge in [-0.1, -0.05) is 17.8 Å². The summed E-state index contributed by atoms with van der Waals surface area (Å²) in [7, 11) is -4.20. The van der Waals surface area contributed by atoms with Gasteiger partial charge >= 0.3 is 0 Å². The number of hydrogen-bond acceptors (Lipinski definition) is 5. The van der Waals surface area contributed by atoms with Gasteiger partial charge in [0.25, 0.3) is 10.0 Å². The molecule has 1 aliphatic rings. The average Bonchev–Trinajstić information content (AvgIpc) is 2.98. The molecule has 1 fully saturated rings. The minimum atomic E-state index is -4.20. The zero-order valence-electron chi connectivity index (χ0n) is 16.0. The predicted molar refractivity (Wildman–Crippen MR) is 114 cm³/mol. The van der Waals surface area contributed by atoms with Crippen molar-refractivity contribution in [2.45, 2.75) is 16.6 Å². The summed E-state index contributed by atoms with van der Waals surface area (Å²) in [6, 6.07) is 9.24. The molecule has 7 nitrogen and oxygen atoms in total. The van der Waals surface area contributed by atoms with Gasteiger partial charge in [0.15, 0.2) is 5.17 Å². The molecule has 1 atom stereocenters. The highest BCUT2D eigenvalue weighted by Crippen LogP contribution is 2.31. The number of rotatable bonds is 7. The summed E-state index contributed by atoms with van der Waals surface area (Å²) < 4.78 is 54.9. The zero-order valence-corrected chi connectivity index (χ0v) is 17.6. The minimum Gasteiger partial charge on any atom is -0.326 e. The van der Waals surface area contributed by atoms with E-state index in [0.717, 1.165) is 40.9 Å². The van der Waals surface area contributed by atoms with Gasteiger partial charge in [-0.2, -0.15) is 8.42 Å². The van der Waals surface area contributed by atoms with E-state index in [-0.39, 0.29) is 23.0 Å². The Morgan fingerprint density at radius 1 is 1.13 bits per heavy atom. The highest BCUT2D eigenvalue weighted by molar-refractivity contribution is 8.16. The van der Waals surface area contributed by atoms with E-state index in [4.69, 9.17) is 0 Å². The maximum Gasteiger partial charge on any atom is 0.284 e. The molecule has 1 aliphatic heterocycles. The van der Waals surface area contributed by atoms with Crippen LogP contribution < -0.4 is 5.32 Å². The predicted octanol–water partition coefficient (Wildman–Crippen LogP) is 3.17. The molecule has 2 amide bonds. The molecule has 0 radical (unpaired) electrons. The lowest BCUT2D eigenvalue weighted by Gasteiger charge is -2.13. The summed E-state index contributed by atoms with van der Waals surface area (Å²) in [5, 5.41) is 1.55. The monoisotopic (exact) mass is 465 g/mol. The molecule has 1 saturated heterocycles. The number of benzene rings is 2. The quantitative estimate of drug-likeness (QED) is 0.634. The fourth-order valence-electron chi connectivity index (χ4n) is 2.68. The normalized spacial score (nSPS) is 17.7. The third-order valence-electron chi connectivity index (χ3n) is 4.14. The Kier molecular flexibility index (Phi) is 6.86. The van der Waals surface area contributed by atoms with Gasteiger partial charge in [0, 0.05) is 18.7 Å². The lowest BCUT2D eigenvalue weighted by Crippen LogP contribution is -2.33. The van der Waals surface area contributed by atoms with Crippen molar-refractivity contribution < 1.29 is 26.8 Å². The van der Waals surface area contributed by atoms with Crippen LogP contribution in [0.5, 0.6) is 0 Å². The van der Waals surface area contributed by atoms with E-state index >= 15 is 0 Å². The van der Waals surface area contributed by atoms with Crippen LogP contribution in [0.2, 0.25) is 0 Å². The van der Waals surface area contributed by atoms with Crippen LogP contribution >= 0.6 is 11.8 Å². The summed E-state index contributed by atoms with van der Waals surface area (Å²) in [4.78, 5) is 25.9. The highest BCUT2D eigenvalue weighted by atomic mass is 32.2. The summed E-state index contributed by atoms with van der Waals surface area (Å²) in [6.07, 6.45) is 1.16. The fraction of sp³-hybridized carbons (Fsp3) is 0.150. The van der Waals surface area contributed by atoms with Crippen LogP contribution in [-0.2, 0) is 19.6 Å². The number of thioether (sulfide) groups is 1. The van der Waals surface area contributed by atoms with Gasteiger partial charge in [0.1, 0.15) is 16.9 Å². The number of nitrogens with zero attached hydrogens (tertiary/aromatic N) is 2. The SMILES string of the molecule is C=CCN1C(=O)[C@@H](CC(=O)Nc2ccc(F)cc2)SC1=NS(=O)(=O)c1ccc(F)cc1. The molecule has 0 aliphatic carbocycles. The second-order valence-electron chi connectivity index (χ2n) is 6.41.